The van der Waals surface area contributed by atoms with Crippen LogP contribution in [-0.2, 0) is 4.79 Å². The van der Waals surface area contributed by atoms with Crippen molar-refractivity contribution in [3.63, 3.8) is 0 Å². The van der Waals surface area contributed by atoms with E-state index in [0.29, 0.717) is 23.5 Å². The molecule has 0 unspecified atom stereocenters. The number of carbonyl (C=O) groups is 1. The molecule has 0 saturated carbocycles. The molecule has 1 saturated heterocycles. The van der Waals surface area contributed by atoms with E-state index in [4.69, 9.17) is 4.74 Å². The van der Waals surface area contributed by atoms with Crippen molar-refractivity contribution in [2.75, 3.05) is 31.1 Å². The van der Waals surface area contributed by atoms with E-state index in [-0.39, 0.29) is 65.2 Å². The SMILES string of the molecule is C=CC(=O)N1CCN2c3nc(=O)n(-c4c(C)ccnc4C(C)C)c4nc(-c5c(F)cccc5C#N)c(F)c(c34)OC[C@H]2C1. The quantitative estimate of drug-likeness (QED) is 0.331. The molecule has 0 aliphatic carbocycles. The first-order valence-corrected chi connectivity index (χ1v) is 13.8. The van der Waals surface area contributed by atoms with Crippen LogP contribution in [0.4, 0.5) is 14.6 Å². The number of hydrogen-bond donors (Lipinski definition) is 0. The summed E-state index contributed by atoms with van der Waals surface area (Å²) in [5, 5.41) is 9.88. The molecule has 6 rings (SSSR count). The molecule has 1 amide bonds. The van der Waals surface area contributed by atoms with Crippen LogP contribution in [0, 0.1) is 29.9 Å². The molecule has 3 aromatic heterocycles. The number of aromatic nitrogens is 4. The van der Waals surface area contributed by atoms with E-state index in [0.717, 1.165) is 6.07 Å². The molecule has 10 nitrogen and oxygen atoms in total. The first kappa shape index (κ1) is 28.0. The smallest absolute Gasteiger partial charge is 0.355 e. The van der Waals surface area contributed by atoms with Gasteiger partial charge in [-0.05, 0) is 42.7 Å². The highest BCUT2D eigenvalue weighted by Crippen LogP contribution is 2.43. The molecule has 218 valence electrons. The topological polar surface area (TPSA) is 117 Å². The Hall–Kier alpha value is -5.18. The number of ether oxygens (including phenoxy) is 1. The molecular weight excluding hydrogens is 556 g/mol. The molecule has 1 aromatic carbocycles. The van der Waals surface area contributed by atoms with Crippen LogP contribution in [0.15, 0.2) is 47.9 Å². The molecule has 12 heteroatoms. The maximum atomic E-state index is 16.6. The second-order valence-corrected chi connectivity index (χ2v) is 10.8. The molecule has 0 bridgehead atoms. The third kappa shape index (κ3) is 4.39. The van der Waals surface area contributed by atoms with Crippen LogP contribution >= 0.6 is 0 Å². The van der Waals surface area contributed by atoms with Crippen LogP contribution in [0.5, 0.6) is 5.75 Å². The lowest BCUT2D eigenvalue weighted by Crippen LogP contribution is -2.56. The third-order valence-corrected chi connectivity index (χ3v) is 7.86. The first-order chi connectivity index (χ1) is 20.7. The highest BCUT2D eigenvalue weighted by Gasteiger charge is 2.38. The average molecular weight is 584 g/mol. The number of piperazine rings is 1. The number of aryl methyl sites for hydroxylation is 1. The fraction of sp³-hybridized carbons (Fsp3) is 0.290. The Morgan fingerprint density at radius 1 is 1.23 bits per heavy atom. The Balaban J connectivity index is 1.73. The van der Waals surface area contributed by atoms with Crippen LogP contribution in [0.3, 0.4) is 0 Å². The Morgan fingerprint density at radius 3 is 2.74 bits per heavy atom. The minimum atomic E-state index is -0.992. The number of hydrogen-bond acceptors (Lipinski definition) is 8. The van der Waals surface area contributed by atoms with Gasteiger partial charge in [-0.3, -0.25) is 9.78 Å². The van der Waals surface area contributed by atoms with Gasteiger partial charge in [0.2, 0.25) is 5.91 Å². The zero-order valence-electron chi connectivity index (χ0n) is 23.8. The number of benzene rings is 1. The maximum absolute atomic E-state index is 16.6. The number of anilines is 1. The van der Waals surface area contributed by atoms with Crippen molar-refractivity contribution in [1.29, 1.82) is 5.26 Å². The van der Waals surface area contributed by atoms with E-state index in [9.17, 15) is 14.9 Å². The lowest BCUT2D eigenvalue weighted by Gasteiger charge is -2.40. The van der Waals surface area contributed by atoms with Gasteiger partial charge < -0.3 is 14.5 Å². The summed E-state index contributed by atoms with van der Waals surface area (Å²) in [6, 6.07) is 6.99. The molecule has 2 aliphatic rings. The zero-order valence-corrected chi connectivity index (χ0v) is 23.8. The van der Waals surface area contributed by atoms with Gasteiger partial charge in [0.25, 0.3) is 0 Å². The molecule has 0 N–H and O–H groups in total. The van der Waals surface area contributed by atoms with E-state index in [1.165, 1.54) is 22.8 Å². The van der Waals surface area contributed by atoms with Gasteiger partial charge >= 0.3 is 5.69 Å². The van der Waals surface area contributed by atoms with Gasteiger partial charge in [-0.15, -0.1) is 0 Å². The van der Waals surface area contributed by atoms with Gasteiger partial charge in [-0.1, -0.05) is 26.5 Å². The minimum absolute atomic E-state index is 0.0169. The van der Waals surface area contributed by atoms with Gasteiger partial charge in [0.1, 0.15) is 29.3 Å². The number of amides is 1. The summed E-state index contributed by atoms with van der Waals surface area (Å²) >= 11 is 0. The van der Waals surface area contributed by atoms with Crippen LogP contribution in [-0.4, -0.2) is 62.6 Å². The predicted octanol–water partition coefficient (Wildman–Crippen LogP) is 4.02. The van der Waals surface area contributed by atoms with Gasteiger partial charge in [0, 0.05) is 25.8 Å². The Kier molecular flexibility index (Phi) is 6.88. The predicted molar refractivity (Wildman–Crippen MR) is 155 cm³/mol. The normalized spacial score (nSPS) is 16.0. The maximum Gasteiger partial charge on any atom is 0.355 e. The molecule has 5 heterocycles. The second kappa shape index (κ2) is 10.6. The van der Waals surface area contributed by atoms with Crippen molar-refractivity contribution < 1.29 is 18.3 Å². The molecule has 1 fully saturated rings. The average Bonchev–Trinajstić information content (AvgIpc) is 3.15. The monoisotopic (exact) mass is 583 g/mol. The van der Waals surface area contributed by atoms with Crippen molar-refractivity contribution in [2.24, 2.45) is 0 Å². The molecule has 0 spiro atoms. The fourth-order valence-corrected chi connectivity index (χ4v) is 5.82. The van der Waals surface area contributed by atoms with Crippen LogP contribution in [0.25, 0.3) is 28.0 Å². The van der Waals surface area contributed by atoms with Crippen molar-refractivity contribution >= 4 is 22.8 Å². The zero-order chi connectivity index (χ0) is 30.6. The molecule has 2 aliphatic heterocycles. The number of fused-ring (bicyclic) bond motifs is 2. The van der Waals surface area contributed by atoms with E-state index in [1.807, 2.05) is 31.7 Å². The standard InChI is InChI=1S/C31H27F2N7O3/c1-5-21(41)38-11-12-39-19(14-38)15-43-28-23-29(39)37-31(42)40(27-17(4)9-10-35-25(27)16(2)3)30(23)36-26(24(28)33)22-18(13-34)7-6-8-20(22)32/h5-10,16,19H,1,11-12,14-15H2,2-4H3/t19-/m1/s1. The summed E-state index contributed by atoms with van der Waals surface area (Å²) in [6.45, 7) is 9.99. The molecule has 0 radical (unpaired) electrons. The molecule has 43 heavy (non-hydrogen) atoms. The van der Waals surface area contributed by atoms with E-state index >= 15 is 8.78 Å². The van der Waals surface area contributed by atoms with Crippen molar-refractivity contribution in [3.05, 3.63) is 82.1 Å². The van der Waals surface area contributed by atoms with Gasteiger partial charge in [-0.25, -0.2) is 23.1 Å². The van der Waals surface area contributed by atoms with Crippen molar-refractivity contribution in [3.8, 4) is 28.8 Å². The molecular formula is C31H27F2N7O3. The van der Waals surface area contributed by atoms with Crippen molar-refractivity contribution in [1.82, 2.24) is 24.4 Å². The summed E-state index contributed by atoms with van der Waals surface area (Å²) < 4.78 is 39.2. The van der Waals surface area contributed by atoms with Gasteiger partial charge in [0.15, 0.2) is 17.2 Å². The number of halogens is 2. The van der Waals surface area contributed by atoms with Gasteiger partial charge in [-0.2, -0.15) is 10.2 Å². The number of nitrogens with zero attached hydrogens (tertiary/aromatic N) is 7. The Morgan fingerprint density at radius 2 is 2.02 bits per heavy atom. The molecule has 1 atom stereocenters. The first-order valence-electron chi connectivity index (χ1n) is 13.8. The molecule has 4 aromatic rings. The van der Waals surface area contributed by atoms with Crippen LogP contribution in [0.1, 0.15) is 36.6 Å². The number of carbonyl (C=O) groups excluding carboxylic acids is 1. The summed E-state index contributed by atoms with van der Waals surface area (Å²) in [6.07, 6.45) is 2.86. The summed E-state index contributed by atoms with van der Waals surface area (Å²) in [4.78, 5) is 43.4. The lowest BCUT2D eigenvalue weighted by molar-refractivity contribution is -0.126. The number of nitriles is 1. The largest absolute Gasteiger partial charge is 0.487 e. The summed E-state index contributed by atoms with van der Waals surface area (Å²) in [5.74, 6) is -2.34. The van der Waals surface area contributed by atoms with Crippen molar-refractivity contribution in [2.45, 2.75) is 32.7 Å². The number of rotatable bonds is 4. The van der Waals surface area contributed by atoms with E-state index in [2.05, 4.69) is 21.5 Å². The summed E-state index contributed by atoms with van der Waals surface area (Å²) in [5.41, 5.74) is 0.0324. The van der Waals surface area contributed by atoms with Gasteiger partial charge in [0.05, 0.1) is 34.6 Å². The van der Waals surface area contributed by atoms with Crippen LogP contribution < -0.4 is 15.3 Å². The Labute approximate surface area is 245 Å². The number of pyridine rings is 2. The van der Waals surface area contributed by atoms with E-state index < -0.39 is 29.1 Å². The lowest BCUT2D eigenvalue weighted by atomic mass is 10.0. The highest BCUT2D eigenvalue weighted by molar-refractivity contribution is 5.97. The van der Waals surface area contributed by atoms with E-state index in [1.54, 1.807) is 17.2 Å². The highest BCUT2D eigenvalue weighted by atomic mass is 19.1. The Bertz CT molecular complexity index is 1930. The fourth-order valence-electron chi connectivity index (χ4n) is 5.82. The third-order valence-electron chi connectivity index (χ3n) is 7.86. The summed E-state index contributed by atoms with van der Waals surface area (Å²) in [7, 11) is 0. The van der Waals surface area contributed by atoms with Crippen LogP contribution in [0.2, 0.25) is 0 Å². The second-order valence-electron chi connectivity index (χ2n) is 10.8. The minimum Gasteiger partial charge on any atom is -0.487 e.